The molecule has 19 heavy (non-hydrogen) atoms. The first-order valence-electron chi connectivity index (χ1n) is 5.47. The van der Waals surface area contributed by atoms with E-state index in [-0.39, 0.29) is 6.04 Å². The molecule has 0 spiro atoms. The van der Waals surface area contributed by atoms with E-state index in [4.69, 9.17) is 0 Å². The average Bonchev–Trinajstić information content (AvgIpc) is 2.27. The maximum Gasteiger partial charge on any atom is 0.411 e. The molecule has 0 aliphatic rings. The lowest BCUT2D eigenvalue weighted by molar-refractivity contribution is -0.175. The summed E-state index contributed by atoms with van der Waals surface area (Å²) in [6.45, 7) is -0.293. The summed E-state index contributed by atoms with van der Waals surface area (Å²) in [6.07, 6.45) is -4.42. The Kier molecular flexibility index (Phi) is 5.81. The van der Waals surface area contributed by atoms with E-state index in [0.29, 0.717) is 0 Å². The lowest BCUT2D eigenvalue weighted by Gasteiger charge is -2.15. The molecule has 7 heteroatoms. The largest absolute Gasteiger partial charge is 0.411 e. The third-order valence-electron chi connectivity index (χ3n) is 2.25. The van der Waals surface area contributed by atoms with Crippen LogP contribution in [0.1, 0.15) is 18.5 Å². The Morgan fingerprint density at radius 3 is 2.47 bits per heavy atom. The van der Waals surface area contributed by atoms with Crippen molar-refractivity contribution in [3.63, 3.8) is 0 Å². The minimum Gasteiger partial charge on any atom is -0.362 e. The summed E-state index contributed by atoms with van der Waals surface area (Å²) in [4.78, 5) is 11.4. The quantitative estimate of drug-likeness (QED) is 0.894. The molecule has 106 valence electrons. The van der Waals surface area contributed by atoms with E-state index in [1.807, 2.05) is 24.3 Å². The topological polar surface area (TPSA) is 38.3 Å². The number of ether oxygens (including phenoxy) is 1. The van der Waals surface area contributed by atoms with Crippen molar-refractivity contribution in [2.24, 2.45) is 0 Å². The van der Waals surface area contributed by atoms with Crippen LogP contribution in [0.3, 0.4) is 0 Å². The van der Waals surface area contributed by atoms with Gasteiger partial charge in [0.25, 0.3) is 0 Å². The van der Waals surface area contributed by atoms with Crippen molar-refractivity contribution in [3.8, 4) is 0 Å². The van der Waals surface area contributed by atoms with Crippen molar-refractivity contribution >= 4 is 21.8 Å². The number of benzene rings is 1. The fourth-order valence-corrected chi connectivity index (χ4v) is 1.64. The highest BCUT2D eigenvalue weighted by atomic mass is 79.9. The lowest BCUT2D eigenvalue weighted by Crippen LogP contribution is -2.31. The van der Waals surface area contributed by atoms with Crippen molar-refractivity contribution in [2.75, 3.05) is 13.2 Å². The lowest BCUT2D eigenvalue weighted by atomic mass is 10.1. The predicted octanol–water partition coefficient (Wildman–Crippen LogP) is 3.21. The molecule has 1 atom stereocenters. The second-order valence-corrected chi connectivity index (χ2v) is 4.86. The summed E-state index contributed by atoms with van der Waals surface area (Å²) >= 11 is 3.28. The van der Waals surface area contributed by atoms with Crippen molar-refractivity contribution in [2.45, 2.75) is 19.1 Å². The van der Waals surface area contributed by atoms with Gasteiger partial charge in [-0.05, 0) is 24.6 Å². The van der Waals surface area contributed by atoms with Gasteiger partial charge >= 0.3 is 6.18 Å². The third-order valence-corrected chi connectivity index (χ3v) is 2.78. The first-order chi connectivity index (χ1) is 8.78. The zero-order chi connectivity index (χ0) is 14.5. The van der Waals surface area contributed by atoms with Crippen molar-refractivity contribution < 1.29 is 22.7 Å². The predicted molar refractivity (Wildman–Crippen MR) is 67.6 cm³/mol. The maximum absolute atomic E-state index is 11.8. The van der Waals surface area contributed by atoms with Crippen LogP contribution in [0.4, 0.5) is 13.2 Å². The molecule has 0 aliphatic carbocycles. The smallest absolute Gasteiger partial charge is 0.362 e. The molecule has 1 N–H and O–H groups in total. The van der Waals surface area contributed by atoms with Gasteiger partial charge in [0.15, 0.2) is 0 Å². The molecule has 0 saturated heterocycles. The van der Waals surface area contributed by atoms with Gasteiger partial charge in [-0.15, -0.1) is 0 Å². The summed E-state index contributed by atoms with van der Waals surface area (Å²) in [7, 11) is 0. The fourth-order valence-electron chi connectivity index (χ4n) is 1.38. The minimum atomic E-state index is -4.42. The Hall–Kier alpha value is -1.08. The van der Waals surface area contributed by atoms with E-state index < -0.39 is 25.3 Å². The maximum atomic E-state index is 11.8. The van der Waals surface area contributed by atoms with Crippen LogP contribution in [0.15, 0.2) is 28.7 Å². The molecular formula is C12H13BrF3NO2. The number of nitrogens with one attached hydrogen (secondary N) is 1. The summed E-state index contributed by atoms with van der Waals surface area (Å²) < 4.78 is 40.6. The molecule has 1 amide bonds. The summed E-state index contributed by atoms with van der Waals surface area (Å²) in [5.41, 5.74) is 0.854. The van der Waals surface area contributed by atoms with Crippen molar-refractivity contribution in [1.29, 1.82) is 0 Å². The number of alkyl halides is 3. The van der Waals surface area contributed by atoms with Gasteiger partial charge in [0.2, 0.25) is 5.91 Å². The van der Waals surface area contributed by atoms with Gasteiger partial charge in [0, 0.05) is 4.47 Å². The highest BCUT2D eigenvalue weighted by molar-refractivity contribution is 9.10. The number of hydrogen-bond donors (Lipinski definition) is 1. The Balaban J connectivity index is 2.38. The molecule has 1 aromatic rings. The molecule has 0 aromatic heterocycles. The van der Waals surface area contributed by atoms with Crippen LogP contribution in [0, 0.1) is 0 Å². The second kappa shape index (κ2) is 6.91. The molecule has 0 heterocycles. The standard InChI is InChI=1S/C12H13BrF3NO2/c1-8(9-2-4-10(13)5-3-9)17-11(18)6-19-7-12(14,15)16/h2-5,8H,6-7H2,1H3,(H,17,18)/t8-/m1/s1. The molecule has 0 aliphatic heterocycles. The van der Waals surface area contributed by atoms with Crippen LogP contribution < -0.4 is 5.32 Å². The fraction of sp³-hybridized carbons (Fsp3) is 0.417. The van der Waals surface area contributed by atoms with Gasteiger partial charge in [-0.25, -0.2) is 0 Å². The van der Waals surface area contributed by atoms with Crippen molar-refractivity contribution in [1.82, 2.24) is 5.32 Å². The van der Waals surface area contributed by atoms with E-state index in [1.54, 1.807) is 6.92 Å². The number of carbonyl (C=O) groups is 1. The van der Waals surface area contributed by atoms with E-state index in [0.717, 1.165) is 10.0 Å². The first kappa shape index (κ1) is 16.0. The zero-order valence-corrected chi connectivity index (χ0v) is 11.7. The minimum absolute atomic E-state index is 0.296. The van der Waals surface area contributed by atoms with E-state index in [1.165, 1.54) is 0 Å². The second-order valence-electron chi connectivity index (χ2n) is 3.95. The van der Waals surface area contributed by atoms with Gasteiger partial charge in [-0.2, -0.15) is 13.2 Å². The molecule has 0 fully saturated rings. The molecule has 0 bridgehead atoms. The highest BCUT2D eigenvalue weighted by Gasteiger charge is 2.27. The molecule has 3 nitrogen and oxygen atoms in total. The Morgan fingerprint density at radius 1 is 1.37 bits per heavy atom. The number of hydrogen-bond acceptors (Lipinski definition) is 2. The van der Waals surface area contributed by atoms with Crippen LogP contribution in [-0.2, 0) is 9.53 Å². The number of halogens is 4. The normalized spacial score (nSPS) is 13.1. The zero-order valence-electron chi connectivity index (χ0n) is 10.1. The Labute approximate surface area is 117 Å². The molecule has 1 aromatic carbocycles. The number of rotatable bonds is 5. The van der Waals surface area contributed by atoms with E-state index >= 15 is 0 Å². The van der Waals surface area contributed by atoms with Gasteiger partial charge in [-0.1, -0.05) is 28.1 Å². The van der Waals surface area contributed by atoms with Crippen LogP contribution in [0.5, 0.6) is 0 Å². The van der Waals surface area contributed by atoms with E-state index in [2.05, 4.69) is 26.0 Å². The number of carbonyl (C=O) groups excluding carboxylic acids is 1. The first-order valence-corrected chi connectivity index (χ1v) is 6.26. The molecule has 0 unspecified atom stereocenters. The number of amides is 1. The molecular weight excluding hydrogens is 327 g/mol. The Bertz CT molecular complexity index is 420. The summed E-state index contributed by atoms with van der Waals surface area (Å²) in [5, 5.41) is 2.56. The molecule has 0 saturated carbocycles. The van der Waals surface area contributed by atoms with Gasteiger partial charge in [0.1, 0.15) is 13.2 Å². The van der Waals surface area contributed by atoms with Crippen LogP contribution in [-0.4, -0.2) is 25.3 Å². The average molecular weight is 340 g/mol. The highest BCUT2D eigenvalue weighted by Crippen LogP contribution is 2.17. The monoisotopic (exact) mass is 339 g/mol. The molecule has 1 rings (SSSR count). The third kappa shape index (κ3) is 6.58. The van der Waals surface area contributed by atoms with Gasteiger partial charge < -0.3 is 10.1 Å². The van der Waals surface area contributed by atoms with Crippen LogP contribution in [0.25, 0.3) is 0 Å². The molecule has 0 radical (unpaired) electrons. The van der Waals surface area contributed by atoms with Crippen LogP contribution >= 0.6 is 15.9 Å². The Morgan fingerprint density at radius 2 is 1.95 bits per heavy atom. The summed E-state index contributed by atoms with van der Waals surface area (Å²) in [5.74, 6) is -0.584. The van der Waals surface area contributed by atoms with Gasteiger partial charge in [0.05, 0.1) is 6.04 Å². The van der Waals surface area contributed by atoms with Crippen molar-refractivity contribution in [3.05, 3.63) is 34.3 Å². The van der Waals surface area contributed by atoms with Gasteiger partial charge in [-0.3, -0.25) is 4.79 Å². The summed E-state index contributed by atoms with van der Waals surface area (Å²) in [6, 6.07) is 6.96. The van der Waals surface area contributed by atoms with Crippen LogP contribution in [0.2, 0.25) is 0 Å². The SMILES string of the molecule is C[C@@H](NC(=O)COCC(F)(F)F)c1ccc(Br)cc1. The van der Waals surface area contributed by atoms with E-state index in [9.17, 15) is 18.0 Å².